The van der Waals surface area contributed by atoms with Gasteiger partial charge in [0.1, 0.15) is 0 Å². The van der Waals surface area contributed by atoms with Crippen molar-refractivity contribution in [3.05, 3.63) is 35.9 Å². The van der Waals surface area contributed by atoms with E-state index in [0.717, 1.165) is 11.8 Å². The Hall–Kier alpha value is -0.820. The van der Waals surface area contributed by atoms with Gasteiger partial charge in [-0.1, -0.05) is 43.7 Å². The monoisotopic (exact) mass is 245 g/mol. The molecule has 0 amide bonds. The Kier molecular flexibility index (Phi) is 5.25. The molecule has 3 unspecified atom stereocenters. The van der Waals surface area contributed by atoms with E-state index in [2.05, 4.69) is 49.5 Å². The van der Waals surface area contributed by atoms with Crippen molar-refractivity contribution in [1.29, 1.82) is 0 Å². The third kappa shape index (κ3) is 4.45. The van der Waals surface area contributed by atoms with Crippen LogP contribution in [0.1, 0.15) is 45.1 Å². The van der Waals surface area contributed by atoms with Gasteiger partial charge in [0.25, 0.3) is 0 Å². The van der Waals surface area contributed by atoms with Gasteiger partial charge in [0.15, 0.2) is 0 Å². The Labute approximate surface area is 112 Å². The summed E-state index contributed by atoms with van der Waals surface area (Å²) in [6.45, 7) is 5.93. The SMILES string of the molecule is CC1CCC(CNC(C)CCc2ccccc2)C1. The summed E-state index contributed by atoms with van der Waals surface area (Å²) in [5.74, 6) is 1.88. The highest BCUT2D eigenvalue weighted by Gasteiger charge is 2.21. The molecule has 18 heavy (non-hydrogen) atoms. The molecule has 0 radical (unpaired) electrons. The summed E-state index contributed by atoms with van der Waals surface area (Å²) < 4.78 is 0. The first-order chi connectivity index (χ1) is 8.74. The molecule has 3 atom stereocenters. The van der Waals surface area contributed by atoms with Crippen molar-refractivity contribution in [3.63, 3.8) is 0 Å². The van der Waals surface area contributed by atoms with Crippen molar-refractivity contribution in [2.45, 2.75) is 52.0 Å². The van der Waals surface area contributed by atoms with Gasteiger partial charge in [0.2, 0.25) is 0 Å². The second-order valence-electron chi connectivity index (χ2n) is 6.12. The number of aryl methyl sites for hydroxylation is 1. The summed E-state index contributed by atoms with van der Waals surface area (Å²) >= 11 is 0. The zero-order valence-electron chi connectivity index (χ0n) is 11.9. The van der Waals surface area contributed by atoms with E-state index in [9.17, 15) is 0 Å². The van der Waals surface area contributed by atoms with Crippen molar-refractivity contribution in [2.24, 2.45) is 11.8 Å². The second-order valence-corrected chi connectivity index (χ2v) is 6.12. The topological polar surface area (TPSA) is 12.0 Å². The fourth-order valence-corrected chi connectivity index (χ4v) is 3.01. The number of hydrogen-bond donors (Lipinski definition) is 1. The lowest BCUT2D eigenvalue weighted by Gasteiger charge is -2.17. The second kappa shape index (κ2) is 6.94. The van der Waals surface area contributed by atoms with Crippen LogP contribution >= 0.6 is 0 Å². The van der Waals surface area contributed by atoms with Crippen LogP contribution < -0.4 is 5.32 Å². The summed E-state index contributed by atoms with van der Waals surface area (Å²) in [5.41, 5.74) is 1.46. The fourth-order valence-electron chi connectivity index (χ4n) is 3.01. The van der Waals surface area contributed by atoms with Crippen LogP contribution in [0.15, 0.2) is 30.3 Å². The smallest absolute Gasteiger partial charge is 0.00420 e. The Morgan fingerprint density at radius 3 is 2.67 bits per heavy atom. The molecule has 1 aliphatic carbocycles. The molecule has 0 heterocycles. The summed E-state index contributed by atoms with van der Waals surface area (Å²) in [5, 5.41) is 3.72. The maximum Gasteiger partial charge on any atom is 0.00420 e. The van der Waals surface area contributed by atoms with E-state index in [1.54, 1.807) is 0 Å². The van der Waals surface area contributed by atoms with Crippen LogP contribution in [-0.2, 0) is 6.42 Å². The summed E-state index contributed by atoms with van der Waals surface area (Å²) in [7, 11) is 0. The number of nitrogens with one attached hydrogen (secondary N) is 1. The first kappa shape index (κ1) is 13.6. The molecular weight excluding hydrogens is 218 g/mol. The fraction of sp³-hybridized carbons (Fsp3) is 0.647. The predicted molar refractivity (Wildman–Crippen MR) is 78.7 cm³/mol. The van der Waals surface area contributed by atoms with Crippen LogP contribution in [0.5, 0.6) is 0 Å². The third-order valence-electron chi connectivity index (χ3n) is 4.27. The van der Waals surface area contributed by atoms with E-state index < -0.39 is 0 Å². The van der Waals surface area contributed by atoms with Crippen molar-refractivity contribution < 1.29 is 0 Å². The normalized spacial score (nSPS) is 25.2. The van der Waals surface area contributed by atoms with E-state index in [4.69, 9.17) is 0 Å². The van der Waals surface area contributed by atoms with Gasteiger partial charge < -0.3 is 5.32 Å². The highest BCUT2D eigenvalue weighted by Crippen LogP contribution is 2.29. The van der Waals surface area contributed by atoms with Crippen LogP contribution in [0.3, 0.4) is 0 Å². The summed E-state index contributed by atoms with van der Waals surface area (Å²) in [6.07, 6.45) is 6.73. The standard InChI is InChI=1S/C17H27N/c1-14-8-10-17(12-14)13-18-15(2)9-11-16-6-4-3-5-7-16/h3-7,14-15,17-18H,8-13H2,1-2H3. The Balaban J connectivity index is 1.62. The lowest BCUT2D eigenvalue weighted by Crippen LogP contribution is -2.30. The first-order valence-electron chi connectivity index (χ1n) is 7.51. The lowest BCUT2D eigenvalue weighted by atomic mass is 10.0. The largest absolute Gasteiger partial charge is 0.314 e. The molecule has 2 rings (SSSR count). The van der Waals surface area contributed by atoms with Crippen LogP contribution in [0.4, 0.5) is 0 Å². The van der Waals surface area contributed by atoms with Gasteiger partial charge in [0, 0.05) is 6.04 Å². The van der Waals surface area contributed by atoms with Gasteiger partial charge in [0.05, 0.1) is 0 Å². The zero-order valence-corrected chi connectivity index (χ0v) is 11.9. The molecule has 100 valence electrons. The molecule has 1 N–H and O–H groups in total. The summed E-state index contributed by atoms with van der Waals surface area (Å²) in [4.78, 5) is 0. The lowest BCUT2D eigenvalue weighted by molar-refractivity contribution is 0.422. The van der Waals surface area contributed by atoms with Crippen molar-refractivity contribution in [1.82, 2.24) is 5.32 Å². The number of hydrogen-bond acceptors (Lipinski definition) is 1. The number of rotatable bonds is 6. The van der Waals surface area contributed by atoms with E-state index in [-0.39, 0.29) is 0 Å². The van der Waals surface area contributed by atoms with E-state index in [1.165, 1.54) is 44.2 Å². The van der Waals surface area contributed by atoms with Gasteiger partial charge in [-0.3, -0.25) is 0 Å². The van der Waals surface area contributed by atoms with Crippen LogP contribution in [-0.4, -0.2) is 12.6 Å². The molecule has 0 aliphatic heterocycles. The van der Waals surface area contributed by atoms with E-state index in [0.29, 0.717) is 6.04 Å². The van der Waals surface area contributed by atoms with Gasteiger partial charge in [-0.25, -0.2) is 0 Å². The molecule has 1 heteroatoms. The molecule has 1 saturated carbocycles. The van der Waals surface area contributed by atoms with Crippen molar-refractivity contribution in [3.8, 4) is 0 Å². The van der Waals surface area contributed by atoms with Gasteiger partial charge in [-0.15, -0.1) is 0 Å². The minimum atomic E-state index is 0.640. The average Bonchev–Trinajstić information content (AvgIpc) is 2.81. The van der Waals surface area contributed by atoms with Crippen molar-refractivity contribution >= 4 is 0 Å². The maximum atomic E-state index is 3.72. The Morgan fingerprint density at radius 2 is 2.00 bits per heavy atom. The molecule has 0 bridgehead atoms. The van der Waals surface area contributed by atoms with E-state index >= 15 is 0 Å². The molecule has 1 aliphatic rings. The minimum Gasteiger partial charge on any atom is -0.314 e. The summed E-state index contributed by atoms with van der Waals surface area (Å²) in [6, 6.07) is 11.4. The highest BCUT2D eigenvalue weighted by atomic mass is 14.9. The molecular formula is C17H27N. The van der Waals surface area contributed by atoms with Gasteiger partial charge >= 0.3 is 0 Å². The molecule has 0 saturated heterocycles. The molecule has 1 aromatic carbocycles. The molecule has 1 aromatic rings. The quantitative estimate of drug-likeness (QED) is 0.798. The van der Waals surface area contributed by atoms with Gasteiger partial charge in [-0.05, 0) is 56.6 Å². The average molecular weight is 245 g/mol. The van der Waals surface area contributed by atoms with E-state index in [1.807, 2.05) is 0 Å². The van der Waals surface area contributed by atoms with Crippen LogP contribution in [0.25, 0.3) is 0 Å². The highest BCUT2D eigenvalue weighted by molar-refractivity contribution is 5.14. The minimum absolute atomic E-state index is 0.640. The van der Waals surface area contributed by atoms with Crippen LogP contribution in [0.2, 0.25) is 0 Å². The number of benzene rings is 1. The van der Waals surface area contributed by atoms with Crippen LogP contribution in [0, 0.1) is 11.8 Å². The molecule has 1 nitrogen and oxygen atoms in total. The maximum absolute atomic E-state index is 3.72. The van der Waals surface area contributed by atoms with Gasteiger partial charge in [-0.2, -0.15) is 0 Å². The predicted octanol–water partition coefficient (Wildman–Crippen LogP) is 4.03. The zero-order chi connectivity index (χ0) is 12.8. The first-order valence-corrected chi connectivity index (χ1v) is 7.51. The Bertz CT molecular complexity index is 333. The van der Waals surface area contributed by atoms with Crippen molar-refractivity contribution in [2.75, 3.05) is 6.54 Å². The molecule has 0 spiro atoms. The Morgan fingerprint density at radius 1 is 1.22 bits per heavy atom. The third-order valence-corrected chi connectivity index (χ3v) is 4.27. The molecule has 1 fully saturated rings. The molecule has 0 aromatic heterocycles.